The minimum Gasteiger partial charge on any atom is -0.390 e. The molecule has 5 heteroatoms. The molecule has 0 aliphatic rings. The number of unbranched alkanes of at least 4 members (excludes halogenated alkanes) is 1. The van der Waals surface area contributed by atoms with Gasteiger partial charge in [0.2, 0.25) is 0 Å². The SMILES string of the molecule is CCCCNC(=O)c1cc(-c2ccc(Br)cc2)sc1N. The van der Waals surface area contributed by atoms with Crippen LogP contribution in [0.1, 0.15) is 30.1 Å². The Morgan fingerprint density at radius 2 is 2.05 bits per heavy atom. The topological polar surface area (TPSA) is 55.1 Å². The van der Waals surface area contributed by atoms with Crippen molar-refractivity contribution in [3.05, 3.63) is 40.4 Å². The van der Waals surface area contributed by atoms with Gasteiger partial charge in [0.05, 0.1) is 10.6 Å². The maximum absolute atomic E-state index is 12.0. The Labute approximate surface area is 131 Å². The molecule has 1 aromatic carbocycles. The lowest BCUT2D eigenvalue weighted by Gasteiger charge is -2.02. The summed E-state index contributed by atoms with van der Waals surface area (Å²) in [6.07, 6.45) is 2.04. The fourth-order valence-corrected chi connectivity index (χ4v) is 3.01. The van der Waals surface area contributed by atoms with Crippen LogP contribution in [-0.4, -0.2) is 12.5 Å². The van der Waals surface area contributed by atoms with Crippen molar-refractivity contribution in [3.8, 4) is 10.4 Å². The molecule has 0 fully saturated rings. The van der Waals surface area contributed by atoms with Crippen LogP contribution in [0, 0.1) is 0 Å². The van der Waals surface area contributed by atoms with Gasteiger partial charge in [0.1, 0.15) is 0 Å². The van der Waals surface area contributed by atoms with Gasteiger partial charge in [-0.25, -0.2) is 0 Å². The standard InChI is InChI=1S/C15H17BrN2OS/c1-2-3-8-18-15(19)12-9-13(20-14(12)17)10-4-6-11(16)7-5-10/h4-7,9H,2-3,8,17H2,1H3,(H,18,19). The lowest BCUT2D eigenvalue weighted by atomic mass is 10.1. The van der Waals surface area contributed by atoms with Crippen molar-refractivity contribution in [3.63, 3.8) is 0 Å². The number of hydrogen-bond donors (Lipinski definition) is 2. The molecular formula is C15H17BrN2OS. The second-order valence-electron chi connectivity index (χ2n) is 4.50. The largest absolute Gasteiger partial charge is 0.390 e. The Kier molecular flexibility index (Phi) is 5.20. The molecule has 3 N–H and O–H groups in total. The number of benzene rings is 1. The minimum atomic E-state index is -0.0874. The highest BCUT2D eigenvalue weighted by Gasteiger charge is 2.14. The van der Waals surface area contributed by atoms with Crippen LogP contribution in [0.25, 0.3) is 10.4 Å². The zero-order chi connectivity index (χ0) is 14.5. The number of hydrogen-bond acceptors (Lipinski definition) is 3. The number of amides is 1. The Hall–Kier alpha value is -1.33. The summed E-state index contributed by atoms with van der Waals surface area (Å²) in [5, 5.41) is 3.46. The molecule has 3 nitrogen and oxygen atoms in total. The number of thiophene rings is 1. The van der Waals surface area contributed by atoms with Crippen LogP contribution in [0.5, 0.6) is 0 Å². The Morgan fingerprint density at radius 1 is 1.35 bits per heavy atom. The third-order valence-electron chi connectivity index (χ3n) is 2.95. The van der Waals surface area contributed by atoms with Crippen molar-refractivity contribution in [2.75, 3.05) is 12.3 Å². The summed E-state index contributed by atoms with van der Waals surface area (Å²) in [4.78, 5) is 13.1. The first kappa shape index (κ1) is 15.1. The lowest BCUT2D eigenvalue weighted by molar-refractivity contribution is 0.0954. The number of nitrogens with two attached hydrogens (primary N) is 1. The van der Waals surface area contributed by atoms with Gasteiger partial charge in [-0.05, 0) is 30.2 Å². The van der Waals surface area contributed by atoms with E-state index in [0.29, 0.717) is 17.1 Å². The summed E-state index contributed by atoms with van der Waals surface area (Å²) in [7, 11) is 0. The molecule has 0 radical (unpaired) electrons. The van der Waals surface area contributed by atoms with Gasteiger partial charge in [0.15, 0.2) is 0 Å². The first-order valence-electron chi connectivity index (χ1n) is 6.55. The summed E-state index contributed by atoms with van der Waals surface area (Å²) in [6.45, 7) is 2.79. The van der Waals surface area contributed by atoms with E-state index in [0.717, 1.165) is 27.8 Å². The first-order valence-corrected chi connectivity index (χ1v) is 8.16. The predicted octanol–water partition coefficient (Wildman–Crippen LogP) is 4.29. The number of rotatable bonds is 5. The van der Waals surface area contributed by atoms with Crippen LogP contribution in [0.15, 0.2) is 34.8 Å². The molecule has 0 aliphatic heterocycles. The van der Waals surface area contributed by atoms with Crippen molar-refractivity contribution in [2.24, 2.45) is 0 Å². The van der Waals surface area contributed by atoms with Gasteiger partial charge in [0, 0.05) is 15.9 Å². The second kappa shape index (κ2) is 6.90. The smallest absolute Gasteiger partial charge is 0.254 e. The number of carbonyl (C=O) groups is 1. The fourth-order valence-electron chi connectivity index (χ4n) is 1.81. The molecule has 0 spiro atoms. The van der Waals surface area contributed by atoms with E-state index >= 15 is 0 Å². The molecule has 20 heavy (non-hydrogen) atoms. The first-order chi connectivity index (χ1) is 9.61. The van der Waals surface area contributed by atoms with Gasteiger partial charge >= 0.3 is 0 Å². The third kappa shape index (κ3) is 3.61. The maximum atomic E-state index is 12.0. The Morgan fingerprint density at radius 3 is 2.70 bits per heavy atom. The number of anilines is 1. The van der Waals surface area contributed by atoms with Gasteiger partial charge < -0.3 is 11.1 Å². The van der Waals surface area contributed by atoms with Crippen molar-refractivity contribution in [2.45, 2.75) is 19.8 Å². The molecule has 1 heterocycles. The van der Waals surface area contributed by atoms with E-state index in [4.69, 9.17) is 5.73 Å². The zero-order valence-electron chi connectivity index (χ0n) is 11.3. The van der Waals surface area contributed by atoms with Crippen molar-refractivity contribution in [1.82, 2.24) is 5.32 Å². The Bertz CT molecular complexity index is 592. The Balaban J connectivity index is 2.16. The highest BCUT2D eigenvalue weighted by atomic mass is 79.9. The minimum absolute atomic E-state index is 0.0874. The molecule has 0 aliphatic carbocycles. The molecular weight excluding hydrogens is 336 g/mol. The number of nitrogen functional groups attached to an aromatic ring is 1. The van der Waals surface area contributed by atoms with Crippen LogP contribution in [0.4, 0.5) is 5.00 Å². The molecule has 0 saturated heterocycles. The number of carbonyl (C=O) groups excluding carboxylic acids is 1. The third-order valence-corrected chi connectivity index (χ3v) is 4.49. The highest BCUT2D eigenvalue weighted by Crippen LogP contribution is 2.33. The van der Waals surface area contributed by atoms with E-state index in [1.807, 2.05) is 30.3 Å². The van der Waals surface area contributed by atoms with Gasteiger partial charge in [0.25, 0.3) is 5.91 Å². The molecule has 1 aromatic heterocycles. The van der Waals surface area contributed by atoms with E-state index in [1.54, 1.807) is 0 Å². The van der Waals surface area contributed by atoms with Crippen LogP contribution >= 0.6 is 27.3 Å². The van der Waals surface area contributed by atoms with Gasteiger partial charge in [-0.15, -0.1) is 11.3 Å². The summed E-state index contributed by atoms with van der Waals surface area (Å²) >= 11 is 4.85. The fraction of sp³-hybridized carbons (Fsp3) is 0.267. The molecule has 2 aromatic rings. The molecule has 1 amide bonds. The van der Waals surface area contributed by atoms with Crippen LogP contribution in [-0.2, 0) is 0 Å². The van der Waals surface area contributed by atoms with Crippen molar-refractivity contribution in [1.29, 1.82) is 0 Å². The normalized spacial score (nSPS) is 10.5. The molecule has 0 unspecified atom stereocenters. The molecule has 106 valence electrons. The summed E-state index contributed by atoms with van der Waals surface area (Å²) in [6, 6.07) is 9.84. The lowest BCUT2D eigenvalue weighted by Crippen LogP contribution is -2.24. The second-order valence-corrected chi connectivity index (χ2v) is 6.50. The number of nitrogens with one attached hydrogen (secondary N) is 1. The van der Waals surface area contributed by atoms with Crippen LogP contribution in [0.2, 0.25) is 0 Å². The van der Waals surface area contributed by atoms with E-state index in [-0.39, 0.29) is 5.91 Å². The molecule has 0 saturated carbocycles. The van der Waals surface area contributed by atoms with Crippen molar-refractivity contribution >= 4 is 38.2 Å². The number of halogens is 1. The van der Waals surface area contributed by atoms with Crippen LogP contribution < -0.4 is 11.1 Å². The van der Waals surface area contributed by atoms with Crippen molar-refractivity contribution < 1.29 is 4.79 Å². The van der Waals surface area contributed by atoms with Gasteiger partial charge in [-0.2, -0.15) is 0 Å². The average Bonchev–Trinajstić information content (AvgIpc) is 2.82. The summed E-state index contributed by atoms with van der Waals surface area (Å²) < 4.78 is 1.03. The van der Waals surface area contributed by atoms with E-state index < -0.39 is 0 Å². The average molecular weight is 353 g/mol. The van der Waals surface area contributed by atoms with Gasteiger partial charge in [-0.1, -0.05) is 41.4 Å². The van der Waals surface area contributed by atoms with E-state index in [1.165, 1.54) is 11.3 Å². The summed E-state index contributed by atoms with van der Waals surface area (Å²) in [5.74, 6) is -0.0874. The zero-order valence-corrected chi connectivity index (χ0v) is 13.7. The highest BCUT2D eigenvalue weighted by molar-refractivity contribution is 9.10. The monoisotopic (exact) mass is 352 g/mol. The van der Waals surface area contributed by atoms with Crippen LogP contribution in [0.3, 0.4) is 0 Å². The molecule has 0 bridgehead atoms. The van der Waals surface area contributed by atoms with Gasteiger partial charge in [-0.3, -0.25) is 4.79 Å². The molecule has 2 rings (SSSR count). The quantitative estimate of drug-likeness (QED) is 0.788. The van der Waals surface area contributed by atoms with E-state index in [9.17, 15) is 4.79 Å². The molecule has 0 atom stereocenters. The summed E-state index contributed by atoms with van der Waals surface area (Å²) in [5.41, 5.74) is 7.60. The predicted molar refractivity (Wildman–Crippen MR) is 89.1 cm³/mol. The van der Waals surface area contributed by atoms with E-state index in [2.05, 4.69) is 28.2 Å². The maximum Gasteiger partial charge on any atom is 0.254 e.